The maximum atomic E-state index is 5.99. The summed E-state index contributed by atoms with van der Waals surface area (Å²) in [5, 5.41) is 0. The zero-order chi connectivity index (χ0) is 21.3. The molecule has 0 spiro atoms. The molecule has 0 bridgehead atoms. The zero-order valence-corrected chi connectivity index (χ0v) is 19.1. The summed E-state index contributed by atoms with van der Waals surface area (Å²) in [7, 11) is 0. The Bertz CT molecular complexity index is 826. The smallest absolute Gasteiger partial charge is 0.208 e. The highest BCUT2D eigenvalue weighted by Crippen LogP contribution is 2.40. The van der Waals surface area contributed by atoms with Gasteiger partial charge in [0.15, 0.2) is 0 Å². The second-order valence-corrected chi connectivity index (χ2v) is 11.0. The lowest BCUT2D eigenvalue weighted by molar-refractivity contribution is 0.176. The SMILES string of the molecule is CC(C)(C)[C@H]1COC2=CN(c3cccc(N4C=C5OC[C@H](C(C)(C)C)N5C4)c3)CN21. The van der Waals surface area contributed by atoms with Crippen LogP contribution in [-0.2, 0) is 9.47 Å². The minimum atomic E-state index is 0.186. The van der Waals surface area contributed by atoms with E-state index in [-0.39, 0.29) is 10.8 Å². The number of benzene rings is 1. The molecule has 0 radical (unpaired) electrons. The van der Waals surface area contributed by atoms with Gasteiger partial charge in [-0.25, -0.2) is 0 Å². The molecule has 0 N–H and O–H groups in total. The highest BCUT2D eigenvalue weighted by atomic mass is 16.5. The maximum absolute atomic E-state index is 5.99. The third-order valence-electron chi connectivity index (χ3n) is 6.73. The van der Waals surface area contributed by atoms with E-state index in [0.29, 0.717) is 12.1 Å². The molecular formula is C24H34N4O2. The molecule has 5 rings (SSSR count). The fourth-order valence-corrected chi connectivity index (χ4v) is 4.82. The quantitative estimate of drug-likeness (QED) is 0.721. The fraction of sp³-hybridized carbons (Fsp3) is 0.583. The zero-order valence-electron chi connectivity index (χ0n) is 19.1. The van der Waals surface area contributed by atoms with E-state index >= 15 is 0 Å². The summed E-state index contributed by atoms with van der Waals surface area (Å²) < 4.78 is 12.0. The van der Waals surface area contributed by atoms with Gasteiger partial charge >= 0.3 is 0 Å². The van der Waals surface area contributed by atoms with Gasteiger partial charge in [-0.15, -0.1) is 0 Å². The molecule has 0 saturated carbocycles. The van der Waals surface area contributed by atoms with Crippen LogP contribution in [0.5, 0.6) is 0 Å². The van der Waals surface area contributed by atoms with Gasteiger partial charge in [0.1, 0.15) is 13.2 Å². The van der Waals surface area contributed by atoms with Crippen LogP contribution in [0.15, 0.2) is 48.4 Å². The molecule has 6 nitrogen and oxygen atoms in total. The molecule has 2 atom stereocenters. The van der Waals surface area contributed by atoms with E-state index in [2.05, 4.69) is 97.8 Å². The monoisotopic (exact) mass is 410 g/mol. The lowest BCUT2D eigenvalue weighted by atomic mass is 9.87. The van der Waals surface area contributed by atoms with Gasteiger partial charge in [-0.2, -0.15) is 0 Å². The van der Waals surface area contributed by atoms with Crippen molar-refractivity contribution in [2.75, 3.05) is 36.4 Å². The van der Waals surface area contributed by atoms with Crippen LogP contribution in [0.1, 0.15) is 41.5 Å². The second-order valence-electron chi connectivity index (χ2n) is 11.0. The van der Waals surface area contributed by atoms with E-state index in [0.717, 1.165) is 38.3 Å². The minimum Gasteiger partial charge on any atom is -0.476 e. The van der Waals surface area contributed by atoms with E-state index < -0.39 is 0 Å². The van der Waals surface area contributed by atoms with Crippen molar-refractivity contribution in [2.45, 2.75) is 53.6 Å². The summed E-state index contributed by atoms with van der Waals surface area (Å²) in [4.78, 5) is 9.36. The standard InChI is InChI=1S/C24H34N4O2/c1-23(2,3)19-13-29-21-11-25(15-27(19)21)17-8-7-9-18(10-17)26-12-22-28(16-26)20(14-30-22)24(4,5)6/h7-12,19-20H,13-16H2,1-6H3/t19-,20-/m1/s1. The maximum Gasteiger partial charge on any atom is 0.208 e. The van der Waals surface area contributed by atoms with Gasteiger partial charge in [0.25, 0.3) is 0 Å². The Morgan fingerprint density at radius 1 is 0.733 bits per heavy atom. The first-order chi connectivity index (χ1) is 14.1. The van der Waals surface area contributed by atoms with E-state index in [1.54, 1.807) is 0 Å². The predicted octanol–water partition coefficient (Wildman–Crippen LogP) is 4.33. The molecule has 30 heavy (non-hydrogen) atoms. The number of nitrogens with zero attached hydrogens (tertiary/aromatic N) is 4. The number of anilines is 2. The molecule has 1 aromatic carbocycles. The highest BCUT2D eigenvalue weighted by molar-refractivity contribution is 5.63. The van der Waals surface area contributed by atoms with Crippen LogP contribution >= 0.6 is 0 Å². The van der Waals surface area contributed by atoms with Crippen LogP contribution in [0.4, 0.5) is 11.4 Å². The molecule has 0 unspecified atom stereocenters. The molecule has 4 heterocycles. The van der Waals surface area contributed by atoms with Gasteiger partial charge in [0.05, 0.1) is 37.8 Å². The largest absolute Gasteiger partial charge is 0.476 e. The molecule has 1 aromatic rings. The summed E-state index contributed by atoms with van der Waals surface area (Å²) in [6, 6.07) is 9.55. The van der Waals surface area contributed by atoms with Gasteiger partial charge in [-0.05, 0) is 29.0 Å². The predicted molar refractivity (Wildman–Crippen MR) is 119 cm³/mol. The van der Waals surface area contributed by atoms with Crippen LogP contribution in [0.3, 0.4) is 0 Å². The van der Waals surface area contributed by atoms with Crippen LogP contribution in [0.25, 0.3) is 0 Å². The van der Waals surface area contributed by atoms with Crippen molar-refractivity contribution in [3.8, 4) is 0 Å². The van der Waals surface area contributed by atoms with Crippen molar-refractivity contribution in [1.82, 2.24) is 9.80 Å². The number of ether oxygens (including phenoxy) is 2. The second kappa shape index (κ2) is 6.50. The summed E-state index contributed by atoms with van der Waals surface area (Å²) in [5.41, 5.74) is 2.74. The van der Waals surface area contributed by atoms with Gasteiger partial charge in [0, 0.05) is 11.4 Å². The van der Waals surface area contributed by atoms with E-state index in [9.17, 15) is 0 Å². The summed E-state index contributed by atoms with van der Waals surface area (Å²) in [5.74, 6) is 1.98. The Morgan fingerprint density at radius 3 is 1.57 bits per heavy atom. The first kappa shape index (κ1) is 19.5. The Kier molecular flexibility index (Phi) is 4.21. The number of hydrogen-bond donors (Lipinski definition) is 0. The minimum absolute atomic E-state index is 0.186. The van der Waals surface area contributed by atoms with Crippen molar-refractivity contribution < 1.29 is 9.47 Å². The van der Waals surface area contributed by atoms with Crippen molar-refractivity contribution in [2.24, 2.45) is 10.8 Å². The molecule has 162 valence electrons. The van der Waals surface area contributed by atoms with Crippen LogP contribution < -0.4 is 9.80 Å². The molecule has 4 aliphatic heterocycles. The van der Waals surface area contributed by atoms with E-state index in [1.807, 2.05) is 0 Å². The van der Waals surface area contributed by atoms with Crippen molar-refractivity contribution >= 4 is 11.4 Å². The molecule has 0 aliphatic carbocycles. The number of rotatable bonds is 2. The third kappa shape index (κ3) is 3.17. The van der Waals surface area contributed by atoms with E-state index in [4.69, 9.17) is 9.47 Å². The van der Waals surface area contributed by atoms with Crippen LogP contribution in [0.2, 0.25) is 0 Å². The normalized spacial score (nSPS) is 25.8. The Labute approximate surface area is 180 Å². The Balaban J connectivity index is 1.34. The summed E-state index contributed by atoms with van der Waals surface area (Å²) in [6.07, 6.45) is 4.29. The molecular weight excluding hydrogens is 376 g/mol. The molecule has 4 aliphatic rings. The molecule has 2 fully saturated rings. The van der Waals surface area contributed by atoms with Crippen molar-refractivity contribution in [1.29, 1.82) is 0 Å². The first-order valence-electron chi connectivity index (χ1n) is 11.0. The van der Waals surface area contributed by atoms with Gasteiger partial charge in [-0.1, -0.05) is 47.6 Å². The van der Waals surface area contributed by atoms with Crippen LogP contribution in [-0.4, -0.2) is 48.4 Å². The van der Waals surface area contributed by atoms with Crippen molar-refractivity contribution in [3.05, 3.63) is 48.4 Å². The fourth-order valence-electron chi connectivity index (χ4n) is 4.82. The number of hydrogen-bond acceptors (Lipinski definition) is 6. The Morgan fingerprint density at radius 2 is 1.17 bits per heavy atom. The third-order valence-corrected chi connectivity index (χ3v) is 6.73. The molecule has 0 amide bonds. The average Bonchev–Trinajstić information content (AvgIpc) is 3.38. The van der Waals surface area contributed by atoms with Crippen LogP contribution in [0, 0.1) is 10.8 Å². The molecule has 6 heteroatoms. The first-order valence-corrected chi connectivity index (χ1v) is 11.0. The molecule has 0 aromatic heterocycles. The average molecular weight is 411 g/mol. The molecule has 2 saturated heterocycles. The highest BCUT2D eigenvalue weighted by Gasteiger charge is 2.43. The van der Waals surface area contributed by atoms with Crippen molar-refractivity contribution in [3.63, 3.8) is 0 Å². The van der Waals surface area contributed by atoms with Gasteiger partial charge < -0.3 is 29.1 Å². The number of fused-ring (bicyclic) bond motifs is 2. The summed E-state index contributed by atoms with van der Waals surface area (Å²) in [6.45, 7) is 16.9. The van der Waals surface area contributed by atoms with Gasteiger partial charge in [0.2, 0.25) is 11.8 Å². The lowest BCUT2D eigenvalue weighted by Crippen LogP contribution is -2.42. The van der Waals surface area contributed by atoms with E-state index in [1.165, 1.54) is 11.4 Å². The van der Waals surface area contributed by atoms with Gasteiger partial charge in [-0.3, -0.25) is 0 Å². The summed E-state index contributed by atoms with van der Waals surface area (Å²) >= 11 is 0. The lowest BCUT2D eigenvalue weighted by Gasteiger charge is -2.34. The topological polar surface area (TPSA) is 31.4 Å². The Hall–Kier alpha value is -2.50.